The van der Waals surface area contributed by atoms with Crippen LogP contribution in [0.15, 0.2) is 29.0 Å². The molecule has 2 aromatic rings. The van der Waals surface area contributed by atoms with Crippen molar-refractivity contribution in [2.75, 3.05) is 14.1 Å². The number of likely N-dealkylation sites (N-methyl/N-ethyl adjacent to an activating group) is 1. The van der Waals surface area contributed by atoms with E-state index in [1.54, 1.807) is 18.5 Å². The minimum absolute atomic E-state index is 0.107. The van der Waals surface area contributed by atoms with Crippen LogP contribution >= 0.6 is 15.9 Å². The van der Waals surface area contributed by atoms with Gasteiger partial charge < -0.3 is 10.2 Å². The zero-order valence-electron chi connectivity index (χ0n) is 12.7. The fourth-order valence-corrected chi connectivity index (χ4v) is 3.54. The second-order valence-corrected chi connectivity index (χ2v) is 6.79. The van der Waals surface area contributed by atoms with E-state index >= 15 is 0 Å². The smallest absolute Gasteiger partial charge is 0.270 e. The van der Waals surface area contributed by atoms with Gasteiger partial charge in [-0.3, -0.25) is 9.78 Å². The highest BCUT2D eigenvalue weighted by molar-refractivity contribution is 9.10. The molecule has 0 saturated heterocycles. The van der Waals surface area contributed by atoms with Crippen LogP contribution in [-0.4, -0.2) is 47.0 Å². The molecule has 2 aromatic heterocycles. The second-order valence-electron chi connectivity index (χ2n) is 5.93. The predicted molar refractivity (Wildman–Crippen MR) is 89.8 cm³/mol. The summed E-state index contributed by atoms with van der Waals surface area (Å²) in [5, 5.41) is 4.05. The van der Waals surface area contributed by atoms with Crippen molar-refractivity contribution in [3.8, 4) is 0 Å². The van der Waals surface area contributed by atoms with Crippen LogP contribution < -0.4 is 5.32 Å². The van der Waals surface area contributed by atoms with E-state index in [-0.39, 0.29) is 11.9 Å². The molecule has 1 saturated carbocycles. The first kappa shape index (κ1) is 15.4. The lowest BCUT2D eigenvalue weighted by molar-refractivity contribution is 0.0914. The summed E-state index contributed by atoms with van der Waals surface area (Å²) in [6, 6.07) is 4.24. The molecule has 2 atom stereocenters. The molecule has 1 N–H and O–H groups in total. The summed E-state index contributed by atoms with van der Waals surface area (Å²) < 4.78 is 0.798. The van der Waals surface area contributed by atoms with Gasteiger partial charge in [-0.25, -0.2) is 4.98 Å². The predicted octanol–water partition coefficient (Wildman–Crippen LogP) is 2.60. The zero-order valence-corrected chi connectivity index (χ0v) is 14.3. The molecule has 3 rings (SSSR count). The van der Waals surface area contributed by atoms with Crippen LogP contribution in [0.1, 0.15) is 29.8 Å². The summed E-state index contributed by atoms with van der Waals surface area (Å²) in [6.07, 6.45) is 6.73. The third kappa shape index (κ3) is 2.98. The Bertz CT molecular complexity index is 704. The fourth-order valence-electron chi connectivity index (χ4n) is 3.11. The Morgan fingerprint density at radius 3 is 2.91 bits per heavy atom. The summed E-state index contributed by atoms with van der Waals surface area (Å²) in [4.78, 5) is 23.3. The molecule has 0 unspecified atom stereocenters. The van der Waals surface area contributed by atoms with E-state index in [9.17, 15) is 4.79 Å². The molecular weight excluding hydrogens is 344 g/mol. The molecule has 0 radical (unpaired) electrons. The van der Waals surface area contributed by atoms with E-state index in [1.165, 1.54) is 0 Å². The highest BCUT2D eigenvalue weighted by Gasteiger charge is 2.30. The number of pyridine rings is 2. The molecule has 1 aliphatic rings. The maximum absolute atomic E-state index is 12.5. The molecule has 0 bridgehead atoms. The quantitative estimate of drug-likeness (QED) is 0.911. The van der Waals surface area contributed by atoms with Gasteiger partial charge in [-0.05, 0) is 61.4 Å². The van der Waals surface area contributed by atoms with Crippen molar-refractivity contribution in [3.05, 3.63) is 34.7 Å². The first-order valence-electron chi connectivity index (χ1n) is 7.44. The Labute approximate surface area is 138 Å². The lowest BCUT2D eigenvalue weighted by atomic mass is 10.1. The monoisotopic (exact) mass is 362 g/mol. The molecule has 22 heavy (non-hydrogen) atoms. The van der Waals surface area contributed by atoms with Crippen molar-refractivity contribution in [1.29, 1.82) is 0 Å². The molecule has 0 aliphatic heterocycles. The number of fused-ring (bicyclic) bond motifs is 1. The van der Waals surface area contributed by atoms with Gasteiger partial charge in [0.25, 0.3) is 5.91 Å². The molecule has 6 heteroatoms. The zero-order chi connectivity index (χ0) is 15.7. The molecule has 1 amide bonds. The number of aromatic nitrogens is 2. The molecular formula is C16H19BrN4O. The number of halogens is 1. The Kier molecular flexibility index (Phi) is 4.40. The topological polar surface area (TPSA) is 58.1 Å². The number of nitrogens with zero attached hydrogens (tertiary/aromatic N) is 3. The highest BCUT2D eigenvalue weighted by Crippen LogP contribution is 2.24. The second kappa shape index (κ2) is 6.30. The average Bonchev–Trinajstić information content (AvgIpc) is 2.95. The number of rotatable bonds is 3. The summed E-state index contributed by atoms with van der Waals surface area (Å²) in [7, 11) is 4.13. The van der Waals surface area contributed by atoms with Crippen molar-refractivity contribution in [3.63, 3.8) is 0 Å². The van der Waals surface area contributed by atoms with Gasteiger partial charge in [0.1, 0.15) is 5.69 Å². The maximum atomic E-state index is 12.5. The first-order chi connectivity index (χ1) is 10.6. The first-order valence-corrected chi connectivity index (χ1v) is 8.23. The van der Waals surface area contributed by atoms with Crippen LogP contribution in [-0.2, 0) is 0 Å². The lowest BCUT2D eigenvalue weighted by Gasteiger charge is -2.26. The van der Waals surface area contributed by atoms with E-state index in [1.807, 2.05) is 6.07 Å². The molecule has 5 nitrogen and oxygen atoms in total. The Morgan fingerprint density at radius 1 is 1.32 bits per heavy atom. The Hall–Kier alpha value is -1.53. The lowest BCUT2D eigenvalue weighted by Crippen LogP contribution is -2.46. The minimum atomic E-state index is -0.107. The average molecular weight is 363 g/mol. The normalized spacial score (nSPS) is 21.5. The Balaban J connectivity index is 1.82. The van der Waals surface area contributed by atoms with E-state index in [0.717, 1.165) is 34.6 Å². The van der Waals surface area contributed by atoms with Crippen LogP contribution in [0.25, 0.3) is 10.9 Å². The minimum Gasteiger partial charge on any atom is -0.346 e. The number of hydrogen-bond donors (Lipinski definition) is 1. The van der Waals surface area contributed by atoms with Crippen molar-refractivity contribution >= 4 is 32.7 Å². The van der Waals surface area contributed by atoms with E-state index < -0.39 is 0 Å². The summed E-state index contributed by atoms with van der Waals surface area (Å²) >= 11 is 3.43. The largest absolute Gasteiger partial charge is 0.346 e. The molecule has 1 aliphatic carbocycles. The van der Waals surface area contributed by atoms with Crippen LogP contribution in [0.2, 0.25) is 0 Å². The van der Waals surface area contributed by atoms with Crippen LogP contribution in [0.3, 0.4) is 0 Å². The third-order valence-electron chi connectivity index (χ3n) is 4.25. The van der Waals surface area contributed by atoms with Crippen LogP contribution in [0.4, 0.5) is 0 Å². The van der Waals surface area contributed by atoms with E-state index in [2.05, 4.69) is 50.2 Å². The molecule has 116 valence electrons. The number of amides is 1. The standard InChI is InChI=1S/C16H19BrN4O/c1-21(2)14-5-3-4-12(14)20-16(22)13-7-6-10-8-18-9-11(17)15(10)19-13/h6-9,12,14H,3-5H2,1-2H3,(H,20,22)/t12-,14-/m1/s1. The van der Waals surface area contributed by atoms with Gasteiger partial charge in [0.2, 0.25) is 0 Å². The number of hydrogen-bond acceptors (Lipinski definition) is 4. The highest BCUT2D eigenvalue weighted by atomic mass is 79.9. The van der Waals surface area contributed by atoms with Crippen molar-refractivity contribution in [1.82, 2.24) is 20.2 Å². The van der Waals surface area contributed by atoms with Gasteiger partial charge in [-0.2, -0.15) is 0 Å². The van der Waals surface area contributed by atoms with Crippen molar-refractivity contribution in [2.24, 2.45) is 0 Å². The van der Waals surface area contributed by atoms with Gasteiger partial charge >= 0.3 is 0 Å². The van der Waals surface area contributed by atoms with Gasteiger partial charge in [0, 0.05) is 29.9 Å². The maximum Gasteiger partial charge on any atom is 0.270 e. The van der Waals surface area contributed by atoms with Crippen molar-refractivity contribution in [2.45, 2.75) is 31.3 Å². The molecule has 0 spiro atoms. The molecule has 0 aromatic carbocycles. The molecule has 1 fully saturated rings. The van der Waals surface area contributed by atoms with Gasteiger partial charge in [0.15, 0.2) is 0 Å². The fraction of sp³-hybridized carbons (Fsp3) is 0.438. The van der Waals surface area contributed by atoms with Crippen LogP contribution in [0, 0.1) is 0 Å². The van der Waals surface area contributed by atoms with E-state index in [0.29, 0.717) is 11.7 Å². The van der Waals surface area contributed by atoms with Crippen LogP contribution in [0.5, 0.6) is 0 Å². The summed E-state index contributed by atoms with van der Waals surface area (Å²) in [5.41, 5.74) is 1.21. The van der Waals surface area contributed by atoms with Crippen molar-refractivity contribution < 1.29 is 4.79 Å². The van der Waals surface area contributed by atoms with Gasteiger partial charge in [-0.1, -0.05) is 0 Å². The number of carbonyl (C=O) groups is 1. The van der Waals surface area contributed by atoms with E-state index in [4.69, 9.17) is 0 Å². The Morgan fingerprint density at radius 2 is 2.14 bits per heavy atom. The molecule has 2 heterocycles. The van der Waals surface area contributed by atoms with Gasteiger partial charge in [0.05, 0.1) is 9.99 Å². The summed E-state index contributed by atoms with van der Waals surface area (Å²) in [6.45, 7) is 0. The SMILES string of the molecule is CN(C)[C@@H]1CCC[C@H]1NC(=O)c1ccc2cncc(Br)c2n1. The van der Waals surface area contributed by atoms with Gasteiger partial charge in [-0.15, -0.1) is 0 Å². The number of carbonyl (C=O) groups excluding carboxylic acids is 1. The summed E-state index contributed by atoms with van der Waals surface area (Å²) in [5.74, 6) is -0.107. The third-order valence-corrected chi connectivity index (χ3v) is 4.83. The number of nitrogens with one attached hydrogen (secondary N) is 1.